The molecule has 3 heteroatoms. The van der Waals surface area contributed by atoms with Gasteiger partial charge in [0, 0.05) is 24.3 Å². The lowest BCUT2D eigenvalue weighted by Crippen LogP contribution is -2.21. The summed E-state index contributed by atoms with van der Waals surface area (Å²) in [6.45, 7) is 11.3. The van der Waals surface area contributed by atoms with Crippen LogP contribution in [0.4, 0.5) is 0 Å². The third-order valence-electron chi connectivity index (χ3n) is 3.49. The molecule has 0 bridgehead atoms. The highest BCUT2D eigenvalue weighted by molar-refractivity contribution is 5.38. The Kier molecular flexibility index (Phi) is 4.97. The van der Waals surface area contributed by atoms with Crippen molar-refractivity contribution in [2.45, 2.75) is 47.2 Å². The number of rotatable bonds is 5. The van der Waals surface area contributed by atoms with Gasteiger partial charge in [0.2, 0.25) is 5.88 Å². The summed E-state index contributed by atoms with van der Waals surface area (Å²) in [5.41, 5.74) is 4.72. The van der Waals surface area contributed by atoms with E-state index in [-0.39, 0.29) is 0 Å². The summed E-state index contributed by atoms with van der Waals surface area (Å²) in [5.74, 6) is 1.51. The maximum absolute atomic E-state index is 5.89. The summed E-state index contributed by atoms with van der Waals surface area (Å²) in [5, 5.41) is 3.39. The number of hydrogen-bond acceptors (Lipinski definition) is 3. The van der Waals surface area contributed by atoms with E-state index in [1.165, 1.54) is 16.7 Å². The van der Waals surface area contributed by atoms with Crippen LogP contribution in [0.1, 0.15) is 36.1 Å². The smallest absolute Gasteiger partial charge is 0.222 e. The molecule has 1 heterocycles. The lowest BCUT2D eigenvalue weighted by molar-refractivity contribution is 0.457. The predicted molar refractivity (Wildman–Crippen MR) is 86.9 cm³/mol. The largest absolute Gasteiger partial charge is 0.439 e. The fraction of sp³-hybridized carbons (Fsp3) is 0.389. The molecular weight excluding hydrogens is 260 g/mol. The van der Waals surface area contributed by atoms with Gasteiger partial charge in [0.05, 0.1) is 0 Å². The number of benzene rings is 1. The van der Waals surface area contributed by atoms with Crippen molar-refractivity contribution in [3.8, 4) is 11.6 Å². The fourth-order valence-electron chi connectivity index (χ4n) is 2.03. The molecule has 0 aliphatic heterocycles. The van der Waals surface area contributed by atoms with Gasteiger partial charge < -0.3 is 10.1 Å². The molecule has 0 amide bonds. The molecule has 0 unspecified atom stereocenters. The minimum atomic E-state index is 0.469. The Labute approximate surface area is 127 Å². The van der Waals surface area contributed by atoms with Gasteiger partial charge in [-0.15, -0.1) is 0 Å². The monoisotopic (exact) mass is 284 g/mol. The molecule has 21 heavy (non-hydrogen) atoms. The summed E-state index contributed by atoms with van der Waals surface area (Å²) < 4.78 is 5.89. The van der Waals surface area contributed by atoms with Gasteiger partial charge in [-0.05, 0) is 55.7 Å². The molecule has 0 saturated heterocycles. The highest BCUT2D eigenvalue weighted by Gasteiger charge is 2.06. The van der Waals surface area contributed by atoms with Crippen LogP contribution < -0.4 is 10.1 Å². The van der Waals surface area contributed by atoms with E-state index in [9.17, 15) is 0 Å². The van der Waals surface area contributed by atoms with Gasteiger partial charge in [-0.1, -0.05) is 19.9 Å². The van der Waals surface area contributed by atoms with Crippen LogP contribution in [0.15, 0.2) is 30.5 Å². The normalized spacial score (nSPS) is 11.0. The summed E-state index contributed by atoms with van der Waals surface area (Å²) in [4.78, 5) is 4.44. The highest BCUT2D eigenvalue weighted by atomic mass is 16.5. The van der Waals surface area contributed by atoms with E-state index in [0.717, 1.165) is 17.9 Å². The number of ether oxygens (including phenoxy) is 1. The van der Waals surface area contributed by atoms with E-state index in [1.54, 1.807) is 0 Å². The Morgan fingerprint density at radius 3 is 2.43 bits per heavy atom. The van der Waals surface area contributed by atoms with Crippen LogP contribution in [0, 0.1) is 20.8 Å². The molecule has 0 saturated carbocycles. The summed E-state index contributed by atoms with van der Waals surface area (Å²) in [7, 11) is 0. The Bertz CT molecular complexity index is 621. The second-order valence-electron chi connectivity index (χ2n) is 5.85. The van der Waals surface area contributed by atoms with E-state index in [4.69, 9.17) is 4.74 Å². The van der Waals surface area contributed by atoms with Crippen molar-refractivity contribution in [2.75, 3.05) is 0 Å². The van der Waals surface area contributed by atoms with Crippen molar-refractivity contribution in [3.63, 3.8) is 0 Å². The van der Waals surface area contributed by atoms with Crippen molar-refractivity contribution in [1.82, 2.24) is 10.3 Å². The fourth-order valence-corrected chi connectivity index (χ4v) is 2.03. The first-order valence-corrected chi connectivity index (χ1v) is 7.39. The lowest BCUT2D eigenvalue weighted by Gasteiger charge is -2.12. The minimum Gasteiger partial charge on any atom is -0.439 e. The maximum atomic E-state index is 5.89. The first kappa shape index (κ1) is 15.5. The van der Waals surface area contributed by atoms with Gasteiger partial charge in [0.1, 0.15) is 5.75 Å². The van der Waals surface area contributed by atoms with Gasteiger partial charge >= 0.3 is 0 Å². The topological polar surface area (TPSA) is 34.1 Å². The lowest BCUT2D eigenvalue weighted by atomic mass is 10.1. The van der Waals surface area contributed by atoms with Crippen molar-refractivity contribution < 1.29 is 4.74 Å². The van der Waals surface area contributed by atoms with E-state index >= 15 is 0 Å². The Balaban J connectivity index is 2.11. The van der Waals surface area contributed by atoms with Crippen LogP contribution in [0.2, 0.25) is 0 Å². The number of nitrogens with one attached hydrogen (secondary N) is 1. The third-order valence-corrected chi connectivity index (χ3v) is 3.49. The molecule has 1 aromatic carbocycles. The average Bonchev–Trinajstić information content (AvgIpc) is 2.43. The molecule has 0 fully saturated rings. The van der Waals surface area contributed by atoms with E-state index in [1.807, 2.05) is 25.3 Å². The van der Waals surface area contributed by atoms with Gasteiger partial charge in [0.25, 0.3) is 0 Å². The quantitative estimate of drug-likeness (QED) is 0.889. The number of nitrogens with zero attached hydrogens (tertiary/aromatic N) is 1. The van der Waals surface area contributed by atoms with Gasteiger partial charge in [-0.25, -0.2) is 4.98 Å². The van der Waals surface area contributed by atoms with E-state index in [0.29, 0.717) is 11.9 Å². The Morgan fingerprint density at radius 2 is 1.81 bits per heavy atom. The van der Waals surface area contributed by atoms with Crippen molar-refractivity contribution in [2.24, 2.45) is 0 Å². The van der Waals surface area contributed by atoms with Crippen molar-refractivity contribution in [1.29, 1.82) is 0 Å². The molecule has 3 nitrogen and oxygen atoms in total. The molecular formula is C18H24N2O. The van der Waals surface area contributed by atoms with Crippen LogP contribution >= 0.6 is 0 Å². The first-order chi connectivity index (χ1) is 9.95. The number of aryl methyl sites for hydroxylation is 3. The van der Waals surface area contributed by atoms with E-state index in [2.05, 4.69) is 50.1 Å². The average molecular weight is 284 g/mol. The van der Waals surface area contributed by atoms with Crippen molar-refractivity contribution in [3.05, 3.63) is 52.7 Å². The highest BCUT2D eigenvalue weighted by Crippen LogP contribution is 2.25. The summed E-state index contributed by atoms with van der Waals surface area (Å²) >= 11 is 0. The molecule has 2 rings (SSSR count). The molecule has 0 aliphatic carbocycles. The third kappa shape index (κ3) is 4.30. The maximum Gasteiger partial charge on any atom is 0.222 e. The Morgan fingerprint density at radius 1 is 1.05 bits per heavy atom. The summed E-state index contributed by atoms with van der Waals surface area (Å²) in [6, 6.07) is 8.69. The molecule has 1 N–H and O–H groups in total. The summed E-state index contributed by atoms with van der Waals surface area (Å²) in [6.07, 6.45) is 1.87. The predicted octanol–water partition coefficient (Wildman–Crippen LogP) is 4.30. The molecule has 0 aliphatic rings. The zero-order chi connectivity index (χ0) is 15.4. The number of pyridine rings is 1. The van der Waals surface area contributed by atoms with E-state index < -0.39 is 0 Å². The molecule has 0 spiro atoms. The molecule has 1 aromatic heterocycles. The minimum absolute atomic E-state index is 0.469. The molecule has 2 aromatic rings. The van der Waals surface area contributed by atoms with Gasteiger partial charge in [-0.2, -0.15) is 0 Å². The second-order valence-corrected chi connectivity index (χ2v) is 5.85. The first-order valence-electron chi connectivity index (χ1n) is 7.39. The Hall–Kier alpha value is -1.87. The molecule has 0 atom stereocenters. The van der Waals surface area contributed by atoms with Crippen molar-refractivity contribution >= 4 is 0 Å². The second kappa shape index (κ2) is 6.72. The van der Waals surface area contributed by atoms with Crippen LogP contribution in [-0.2, 0) is 6.54 Å². The number of aromatic nitrogens is 1. The zero-order valence-electron chi connectivity index (χ0n) is 13.5. The number of hydrogen-bond donors (Lipinski definition) is 1. The van der Waals surface area contributed by atoms with Crippen LogP contribution in [-0.4, -0.2) is 11.0 Å². The van der Waals surface area contributed by atoms with Crippen LogP contribution in [0.5, 0.6) is 11.6 Å². The zero-order valence-corrected chi connectivity index (χ0v) is 13.5. The molecule has 112 valence electrons. The standard InChI is InChI=1S/C18H24N2O/c1-12(2)19-10-16-8-15(5)18(20-11-16)21-17-7-6-13(3)14(4)9-17/h6-9,11-12,19H,10H2,1-5H3. The SMILES string of the molecule is Cc1ccc(Oc2ncc(CNC(C)C)cc2C)cc1C. The van der Waals surface area contributed by atoms with Crippen LogP contribution in [0.3, 0.4) is 0 Å². The van der Waals surface area contributed by atoms with Gasteiger partial charge in [0.15, 0.2) is 0 Å². The molecule has 0 radical (unpaired) electrons. The van der Waals surface area contributed by atoms with Gasteiger partial charge in [-0.3, -0.25) is 0 Å². The van der Waals surface area contributed by atoms with Crippen LogP contribution in [0.25, 0.3) is 0 Å².